The van der Waals surface area contributed by atoms with Gasteiger partial charge in [-0.25, -0.2) is 23.7 Å². The molecule has 0 unspecified atom stereocenters. The van der Waals surface area contributed by atoms with Gasteiger partial charge in [-0.3, -0.25) is 4.57 Å². The van der Waals surface area contributed by atoms with E-state index in [1.54, 1.807) is 0 Å². The molecule has 4 aromatic rings. The lowest BCUT2D eigenvalue weighted by atomic mass is 10.1. The van der Waals surface area contributed by atoms with Gasteiger partial charge in [-0.15, -0.1) is 11.3 Å². The van der Waals surface area contributed by atoms with Gasteiger partial charge >= 0.3 is 6.18 Å². The van der Waals surface area contributed by atoms with Crippen molar-refractivity contribution < 1.29 is 22.0 Å². The van der Waals surface area contributed by atoms with Crippen LogP contribution in [0.3, 0.4) is 0 Å². The van der Waals surface area contributed by atoms with Crippen molar-refractivity contribution in [1.29, 1.82) is 0 Å². The van der Waals surface area contributed by atoms with Crippen molar-refractivity contribution in [2.24, 2.45) is 0 Å². The van der Waals surface area contributed by atoms with Gasteiger partial charge < -0.3 is 0 Å². The summed E-state index contributed by atoms with van der Waals surface area (Å²) in [4.78, 5) is 12.6. The summed E-state index contributed by atoms with van der Waals surface area (Å²) < 4.78 is 67.8. The smallest absolute Gasteiger partial charge is 0.274 e. The van der Waals surface area contributed by atoms with Crippen LogP contribution in [-0.4, -0.2) is 19.5 Å². The second-order valence-electron chi connectivity index (χ2n) is 5.71. The Kier molecular flexibility index (Phi) is 4.42. The Morgan fingerprint density at radius 1 is 0.929 bits per heavy atom. The summed E-state index contributed by atoms with van der Waals surface area (Å²) in [6.45, 7) is 0. The van der Waals surface area contributed by atoms with E-state index < -0.39 is 23.5 Å². The third kappa shape index (κ3) is 3.50. The number of rotatable bonds is 3. The average molecular weight is 408 g/mol. The van der Waals surface area contributed by atoms with Gasteiger partial charge in [0.25, 0.3) is 0 Å². The van der Waals surface area contributed by atoms with E-state index in [-0.39, 0.29) is 17.2 Å². The summed E-state index contributed by atoms with van der Waals surface area (Å²) in [5.74, 6) is -2.58. The molecule has 3 aromatic heterocycles. The molecule has 0 fully saturated rings. The topological polar surface area (TPSA) is 43.6 Å². The number of halogens is 5. The molecule has 0 amide bonds. The monoisotopic (exact) mass is 408 g/mol. The zero-order valence-corrected chi connectivity index (χ0v) is 14.6. The number of thiophene rings is 1. The molecule has 1 aromatic carbocycles. The van der Waals surface area contributed by atoms with Crippen LogP contribution in [0.5, 0.6) is 0 Å². The van der Waals surface area contributed by atoms with Gasteiger partial charge in [-0.1, -0.05) is 6.07 Å². The fourth-order valence-corrected chi connectivity index (χ4v) is 3.17. The van der Waals surface area contributed by atoms with E-state index in [4.69, 9.17) is 0 Å². The standard InChI is InChI=1S/C18H9F5N4S/c19-11-4-3-10(6-12(11)20)13-7-16(18(21,22)23)26-17(25-13)27-8-14(24-9-27)15-2-1-5-28-15/h1-9H. The first kappa shape index (κ1) is 18.2. The first-order valence-corrected chi connectivity index (χ1v) is 8.69. The lowest BCUT2D eigenvalue weighted by Gasteiger charge is -2.11. The molecule has 0 saturated carbocycles. The Morgan fingerprint density at radius 3 is 2.43 bits per heavy atom. The lowest BCUT2D eigenvalue weighted by molar-refractivity contribution is -0.141. The van der Waals surface area contributed by atoms with Crippen LogP contribution in [0.1, 0.15) is 5.69 Å². The fourth-order valence-electron chi connectivity index (χ4n) is 2.48. The number of alkyl halides is 3. The van der Waals surface area contributed by atoms with Gasteiger partial charge in [0, 0.05) is 11.8 Å². The number of benzene rings is 1. The number of hydrogen-bond acceptors (Lipinski definition) is 4. The molecule has 3 heterocycles. The second-order valence-corrected chi connectivity index (χ2v) is 6.66. The summed E-state index contributed by atoms with van der Waals surface area (Å²) in [6, 6.07) is 7.08. The van der Waals surface area contributed by atoms with Gasteiger partial charge in [0.05, 0.1) is 16.3 Å². The lowest BCUT2D eigenvalue weighted by Crippen LogP contribution is -2.12. The van der Waals surface area contributed by atoms with Crippen LogP contribution in [0.2, 0.25) is 0 Å². The van der Waals surface area contributed by atoms with Crippen molar-refractivity contribution in [1.82, 2.24) is 19.5 Å². The molecule has 10 heteroatoms. The first-order chi connectivity index (χ1) is 13.3. The third-order valence-corrected chi connectivity index (χ3v) is 4.70. The molecule has 0 spiro atoms. The quantitative estimate of drug-likeness (QED) is 0.429. The maximum Gasteiger partial charge on any atom is 0.433 e. The summed E-state index contributed by atoms with van der Waals surface area (Å²) >= 11 is 1.42. The van der Waals surface area contributed by atoms with Crippen LogP contribution in [0.25, 0.3) is 27.8 Å². The molecule has 0 aliphatic rings. The zero-order chi connectivity index (χ0) is 19.9. The highest BCUT2D eigenvalue weighted by molar-refractivity contribution is 7.13. The molecule has 0 N–H and O–H groups in total. The second kappa shape index (κ2) is 6.79. The van der Waals surface area contributed by atoms with E-state index in [1.165, 1.54) is 28.4 Å². The fraction of sp³-hybridized carbons (Fsp3) is 0.0556. The Morgan fingerprint density at radius 2 is 1.75 bits per heavy atom. The van der Waals surface area contributed by atoms with Gasteiger partial charge in [-0.2, -0.15) is 13.2 Å². The van der Waals surface area contributed by atoms with Crippen LogP contribution in [0.15, 0.2) is 54.3 Å². The summed E-state index contributed by atoms with van der Waals surface area (Å²) in [5, 5.41) is 1.84. The van der Waals surface area contributed by atoms with Crippen LogP contribution in [0, 0.1) is 11.6 Å². The van der Waals surface area contributed by atoms with Crippen molar-refractivity contribution >= 4 is 11.3 Å². The number of hydrogen-bond donors (Lipinski definition) is 0. The Balaban J connectivity index is 1.84. The van der Waals surface area contributed by atoms with Gasteiger partial charge in [0.1, 0.15) is 6.33 Å². The highest BCUT2D eigenvalue weighted by atomic mass is 32.1. The molecule has 0 aliphatic carbocycles. The van der Waals surface area contributed by atoms with Crippen LogP contribution in [-0.2, 0) is 6.18 Å². The largest absolute Gasteiger partial charge is 0.433 e. The molecule has 4 nitrogen and oxygen atoms in total. The molecule has 4 rings (SSSR count). The van der Waals surface area contributed by atoms with Crippen molar-refractivity contribution in [3.63, 3.8) is 0 Å². The van der Waals surface area contributed by atoms with Crippen LogP contribution >= 0.6 is 11.3 Å². The van der Waals surface area contributed by atoms with Crippen molar-refractivity contribution in [2.45, 2.75) is 6.18 Å². The number of nitrogens with zero attached hydrogens (tertiary/aromatic N) is 4. The van der Waals surface area contributed by atoms with E-state index >= 15 is 0 Å². The van der Waals surface area contributed by atoms with Gasteiger partial charge in [0.15, 0.2) is 17.3 Å². The van der Waals surface area contributed by atoms with E-state index in [1.807, 2.05) is 17.5 Å². The molecule has 0 radical (unpaired) electrons. The number of imidazole rings is 1. The molecule has 28 heavy (non-hydrogen) atoms. The SMILES string of the molecule is Fc1ccc(-c2cc(C(F)(F)F)nc(-n3cnc(-c4cccs4)c3)n2)cc1F. The van der Waals surface area contributed by atoms with Crippen molar-refractivity contribution in [2.75, 3.05) is 0 Å². The molecule has 142 valence electrons. The minimum atomic E-state index is -4.75. The summed E-state index contributed by atoms with van der Waals surface area (Å²) in [5.41, 5.74) is -0.858. The van der Waals surface area contributed by atoms with E-state index in [0.717, 1.165) is 23.1 Å². The Labute approximate surface area is 159 Å². The Bertz CT molecular complexity index is 1140. The van der Waals surface area contributed by atoms with E-state index in [2.05, 4.69) is 15.0 Å². The average Bonchev–Trinajstić information content (AvgIpc) is 3.34. The predicted molar refractivity (Wildman–Crippen MR) is 92.8 cm³/mol. The van der Waals surface area contributed by atoms with E-state index in [0.29, 0.717) is 11.8 Å². The first-order valence-electron chi connectivity index (χ1n) is 7.81. The zero-order valence-electron chi connectivity index (χ0n) is 13.8. The van der Waals surface area contributed by atoms with Crippen LogP contribution < -0.4 is 0 Å². The Hall–Kier alpha value is -3.14. The highest BCUT2D eigenvalue weighted by Gasteiger charge is 2.34. The van der Waals surface area contributed by atoms with Crippen molar-refractivity contribution in [3.05, 3.63) is 71.6 Å². The maximum absolute atomic E-state index is 13.5. The predicted octanol–water partition coefficient (Wildman–Crippen LogP) is 5.35. The maximum atomic E-state index is 13.5. The normalized spacial score (nSPS) is 11.8. The number of aromatic nitrogens is 4. The van der Waals surface area contributed by atoms with E-state index in [9.17, 15) is 22.0 Å². The highest BCUT2D eigenvalue weighted by Crippen LogP contribution is 2.31. The van der Waals surface area contributed by atoms with Gasteiger partial charge in [0.2, 0.25) is 5.95 Å². The van der Waals surface area contributed by atoms with Gasteiger partial charge in [-0.05, 0) is 35.7 Å². The minimum absolute atomic E-state index is 0.00774. The molecule has 0 bridgehead atoms. The molecule has 0 saturated heterocycles. The third-order valence-electron chi connectivity index (χ3n) is 3.81. The molecule has 0 atom stereocenters. The molecular formula is C18H9F5N4S. The summed E-state index contributed by atoms with van der Waals surface area (Å²) in [6.07, 6.45) is -1.96. The van der Waals surface area contributed by atoms with Crippen molar-refractivity contribution in [3.8, 4) is 27.8 Å². The van der Waals surface area contributed by atoms with Crippen LogP contribution in [0.4, 0.5) is 22.0 Å². The summed E-state index contributed by atoms with van der Waals surface area (Å²) in [7, 11) is 0. The minimum Gasteiger partial charge on any atom is -0.274 e. The molecular weight excluding hydrogens is 399 g/mol. The molecule has 0 aliphatic heterocycles.